The molecular weight excluding hydrogens is 232 g/mol. The molecule has 5 heteroatoms. The number of carbonyl (C=O) groups is 1. The third-order valence-corrected chi connectivity index (χ3v) is 2.89. The molecular formula is C13H18N2O3. The molecule has 1 fully saturated rings. The number of nitrogens with one attached hydrogen (secondary N) is 2. The third-order valence-electron chi connectivity index (χ3n) is 2.89. The summed E-state index contributed by atoms with van der Waals surface area (Å²) in [5.41, 5.74) is 0.659. The Morgan fingerprint density at radius 1 is 1.33 bits per heavy atom. The first-order chi connectivity index (χ1) is 8.74. The number of aromatic hydroxyl groups is 1. The van der Waals surface area contributed by atoms with Crippen LogP contribution in [0.25, 0.3) is 0 Å². The van der Waals surface area contributed by atoms with Gasteiger partial charge in [-0.1, -0.05) is 0 Å². The van der Waals surface area contributed by atoms with Crippen molar-refractivity contribution in [3.05, 3.63) is 24.3 Å². The SMILES string of the molecule is O=C(COC1CCNCC1)Nc1ccc(O)cc1. The zero-order valence-electron chi connectivity index (χ0n) is 10.2. The van der Waals surface area contributed by atoms with Crippen LogP contribution in [0.1, 0.15) is 12.8 Å². The van der Waals surface area contributed by atoms with Gasteiger partial charge in [-0.3, -0.25) is 4.79 Å². The molecule has 0 bridgehead atoms. The highest BCUT2D eigenvalue weighted by molar-refractivity contribution is 5.91. The van der Waals surface area contributed by atoms with E-state index in [1.54, 1.807) is 12.1 Å². The van der Waals surface area contributed by atoms with Crippen LogP contribution in [0.15, 0.2) is 24.3 Å². The first-order valence-corrected chi connectivity index (χ1v) is 6.15. The van der Waals surface area contributed by atoms with E-state index in [9.17, 15) is 4.79 Å². The minimum Gasteiger partial charge on any atom is -0.508 e. The van der Waals surface area contributed by atoms with Crippen molar-refractivity contribution in [2.75, 3.05) is 25.0 Å². The fourth-order valence-corrected chi connectivity index (χ4v) is 1.90. The number of amides is 1. The van der Waals surface area contributed by atoms with Crippen molar-refractivity contribution >= 4 is 11.6 Å². The zero-order valence-corrected chi connectivity index (χ0v) is 10.2. The number of anilines is 1. The fourth-order valence-electron chi connectivity index (χ4n) is 1.90. The number of phenols is 1. The van der Waals surface area contributed by atoms with Crippen LogP contribution in [-0.4, -0.2) is 36.8 Å². The maximum Gasteiger partial charge on any atom is 0.250 e. The third kappa shape index (κ3) is 4.01. The molecule has 1 saturated heterocycles. The second-order valence-electron chi connectivity index (χ2n) is 4.36. The molecule has 0 radical (unpaired) electrons. The van der Waals surface area contributed by atoms with Gasteiger partial charge >= 0.3 is 0 Å². The first-order valence-electron chi connectivity index (χ1n) is 6.15. The first kappa shape index (κ1) is 12.9. The Bertz CT molecular complexity index is 386. The van der Waals surface area contributed by atoms with E-state index in [1.807, 2.05) is 0 Å². The van der Waals surface area contributed by atoms with Crippen molar-refractivity contribution in [2.24, 2.45) is 0 Å². The monoisotopic (exact) mass is 250 g/mol. The molecule has 2 rings (SSSR count). The van der Waals surface area contributed by atoms with Gasteiger partial charge in [0.05, 0.1) is 6.10 Å². The van der Waals surface area contributed by atoms with E-state index >= 15 is 0 Å². The van der Waals surface area contributed by atoms with Crippen molar-refractivity contribution in [1.82, 2.24) is 5.32 Å². The highest BCUT2D eigenvalue weighted by atomic mass is 16.5. The summed E-state index contributed by atoms with van der Waals surface area (Å²) in [4.78, 5) is 11.6. The minimum absolute atomic E-state index is 0.0749. The Kier molecular flexibility index (Phi) is 4.55. The van der Waals surface area contributed by atoms with Gasteiger partial charge in [-0.05, 0) is 50.2 Å². The van der Waals surface area contributed by atoms with E-state index in [4.69, 9.17) is 9.84 Å². The summed E-state index contributed by atoms with van der Waals surface area (Å²) in [5.74, 6) is 0.0122. The Balaban J connectivity index is 1.73. The summed E-state index contributed by atoms with van der Waals surface area (Å²) in [6.07, 6.45) is 2.08. The molecule has 0 unspecified atom stereocenters. The van der Waals surface area contributed by atoms with Gasteiger partial charge in [-0.15, -0.1) is 0 Å². The molecule has 0 atom stereocenters. The average molecular weight is 250 g/mol. The number of piperidine rings is 1. The van der Waals surface area contributed by atoms with Gasteiger partial charge in [0.15, 0.2) is 0 Å². The normalized spacial score (nSPS) is 16.4. The van der Waals surface area contributed by atoms with Gasteiger partial charge in [0.1, 0.15) is 12.4 Å². The summed E-state index contributed by atoms with van der Waals surface area (Å²) in [6, 6.07) is 6.36. The van der Waals surface area contributed by atoms with Crippen molar-refractivity contribution in [1.29, 1.82) is 0 Å². The molecule has 0 aromatic heterocycles. The van der Waals surface area contributed by atoms with Gasteiger partial charge in [-0.25, -0.2) is 0 Å². The zero-order chi connectivity index (χ0) is 12.8. The molecule has 1 aromatic carbocycles. The Morgan fingerprint density at radius 3 is 2.67 bits per heavy atom. The van der Waals surface area contributed by atoms with Gasteiger partial charge in [-0.2, -0.15) is 0 Å². The number of carbonyl (C=O) groups excluding carboxylic acids is 1. The molecule has 1 aliphatic heterocycles. The Morgan fingerprint density at radius 2 is 2.00 bits per heavy atom. The molecule has 5 nitrogen and oxygen atoms in total. The molecule has 0 spiro atoms. The predicted molar refractivity (Wildman–Crippen MR) is 68.6 cm³/mol. The van der Waals surface area contributed by atoms with Crippen molar-refractivity contribution in [3.63, 3.8) is 0 Å². The van der Waals surface area contributed by atoms with E-state index in [0.717, 1.165) is 25.9 Å². The summed E-state index contributed by atoms with van der Waals surface area (Å²) in [5, 5.41) is 15.1. The topological polar surface area (TPSA) is 70.6 Å². The molecule has 98 valence electrons. The quantitative estimate of drug-likeness (QED) is 0.700. The lowest BCUT2D eigenvalue weighted by atomic mass is 10.1. The van der Waals surface area contributed by atoms with E-state index < -0.39 is 0 Å². The lowest BCUT2D eigenvalue weighted by molar-refractivity contribution is -0.123. The maximum atomic E-state index is 11.6. The highest BCUT2D eigenvalue weighted by Crippen LogP contribution is 2.13. The molecule has 1 aromatic rings. The van der Waals surface area contributed by atoms with Gasteiger partial charge < -0.3 is 20.5 Å². The Labute approximate surface area is 106 Å². The van der Waals surface area contributed by atoms with Crippen LogP contribution in [-0.2, 0) is 9.53 Å². The lowest BCUT2D eigenvalue weighted by Gasteiger charge is -2.22. The molecule has 3 N–H and O–H groups in total. The average Bonchev–Trinajstić information content (AvgIpc) is 2.40. The number of hydrogen-bond donors (Lipinski definition) is 3. The smallest absolute Gasteiger partial charge is 0.250 e. The van der Waals surface area contributed by atoms with Crippen LogP contribution >= 0.6 is 0 Å². The van der Waals surface area contributed by atoms with Gasteiger partial charge in [0, 0.05) is 5.69 Å². The molecule has 0 saturated carbocycles. The standard InChI is InChI=1S/C13H18N2O3/c16-11-3-1-10(2-4-11)15-13(17)9-18-12-5-7-14-8-6-12/h1-4,12,14,16H,5-9H2,(H,15,17). The Hall–Kier alpha value is -1.59. The summed E-state index contributed by atoms with van der Waals surface area (Å²) >= 11 is 0. The summed E-state index contributed by atoms with van der Waals surface area (Å²) < 4.78 is 5.54. The van der Waals surface area contributed by atoms with Crippen LogP contribution in [0.5, 0.6) is 5.75 Å². The van der Waals surface area contributed by atoms with Crippen LogP contribution in [0, 0.1) is 0 Å². The number of phenolic OH excluding ortho intramolecular Hbond substituents is 1. The fraction of sp³-hybridized carbons (Fsp3) is 0.462. The van der Waals surface area contributed by atoms with Crippen LogP contribution in [0.4, 0.5) is 5.69 Å². The summed E-state index contributed by atoms with van der Waals surface area (Å²) in [6.45, 7) is 1.97. The maximum absolute atomic E-state index is 11.6. The van der Waals surface area contributed by atoms with Crippen LogP contribution in [0.2, 0.25) is 0 Å². The predicted octanol–water partition coefficient (Wildman–Crippen LogP) is 1.10. The largest absolute Gasteiger partial charge is 0.508 e. The van der Waals surface area contributed by atoms with E-state index in [2.05, 4.69) is 10.6 Å². The van der Waals surface area contributed by atoms with Crippen LogP contribution < -0.4 is 10.6 Å². The second-order valence-corrected chi connectivity index (χ2v) is 4.36. The number of ether oxygens (including phenoxy) is 1. The number of hydrogen-bond acceptors (Lipinski definition) is 4. The molecule has 1 aliphatic rings. The molecule has 1 amide bonds. The van der Waals surface area contributed by atoms with Crippen molar-refractivity contribution in [3.8, 4) is 5.75 Å². The van der Waals surface area contributed by atoms with E-state index in [0.29, 0.717) is 5.69 Å². The highest BCUT2D eigenvalue weighted by Gasteiger charge is 2.14. The molecule has 18 heavy (non-hydrogen) atoms. The van der Waals surface area contributed by atoms with Crippen LogP contribution in [0.3, 0.4) is 0 Å². The van der Waals surface area contributed by atoms with Gasteiger partial charge in [0.2, 0.25) is 5.91 Å². The second kappa shape index (κ2) is 6.37. The van der Waals surface area contributed by atoms with Crippen molar-refractivity contribution < 1.29 is 14.6 Å². The molecule has 0 aliphatic carbocycles. The molecule has 1 heterocycles. The van der Waals surface area contributed by atoms with E-state index in [-0.39, 0.29) is 24.4 Å². The van der Waals surface area contributed by atoms with Crippen molar-refractivity contribution in [2.45, 2.75) is 18.9 Å². The number of rotatable bonds is 4. The summed E-state index contributed by atoms with van der Waals surface area (Å²) in [7, 11) is 0. The number of benzene rings is 1. The van der Waals surface area contributed by atoms with Gasteiger partial charge in [0.25, 0.3) is 0 Å². The minimum atomic E-state index is -0.167. The lowest BCUT2D eigenvalue weighted by Crippen LogP contribution is -2.34. The van der Waals surface area contributed by atoms with E-state index in [1.165, 1.54) is 12.1 Å².